The number of thiophene rings is 1. The molecule has 2 saturated heterocycles. The highest BCUT2D eigenvalue weighted by atomic mass is 32.2. The Balaban J connectivity index is 1.56. The van der Waals surface area contributed by atoms with Gasteiger partial charge in [0.15, 0.2) is 6.29 Å². The quantitative estimate of drug-likeness (QED) is 0.483. The maximum Gasteiger partial charge on any atom is 0.263 e. The minimum atomic E-state index is -4.11. The molecule has 2 atom stereocenters. The molecule has 198 valence electrons. The topological polar surface area (TPSA) is 132 Å². The van der Waals surface area contributed by atoms with Crippen molar-refractivity contribution in [2.75, 3.05) is 39.6 Å². The van der Waals surface area contributed by atoms with E-state index in [2.05, 4.69) is 5.48 Å². The Bertz CT molecular complexity index is 1270. The first-order valence-corrected chi connectivity index (χ1v) is 15.5. The standard InChI is InChI=1S/C22H29N3O8S3/c1-31-17-8-6-16(7-9-17)19-10-11-21(34-19)36(29,30)25-13-12-24(35(2,27)28)15-18(25)22(26)23-33-20-5-3-4-14-32-20/h6-11,18,20H,3-5,12-15H2,1-2H3,(H,23,26)/t18-,20?/m1/s1. The zero-order chi connectivity index (χ0) is 25.9. The van der Waals surface area contributed by atoms with Gasteiger partial charge < -0.3 is 9.47 Å². The molecule has 2 aliphatic rings. The average Bonchev–Trinajstić information content (AvgIpc) is 3.38. The molecule has 1 N–H and O–H groups in total. The van der Waals surface area contributed by atoms with Crippen molar-refractivity contribution in [1.29, 1.82) is 0 Å². The Hall–Kier alpha value is -2.07. The highest BCUT2D eigenvalue weighted by Crippen LogP contribution is 2.34. The lowest BCUT2D eigenvalue weighted by Gasteiger charge is -2.38. The molecule has 2 fully saturated rings. The number of carbonyl (C=O) groups excluding carboxylic acids is 1. The van der Waals surface area contributed by atoms with Crippen LogP contribution in [0.2, 0.25) is 0 Å². The Morgan fingerprint density at radius 1 is 1.08 bits per heavy atom. The maximum atomic E-state index is 13.6. The first-order chi connectivity index (χ1) is 17.1. The summed E-state index contributed by atoms with van der Waals surface area (Å²) in [6.45, 7) is -0.0644. The predicted molar refractivity (Wildman–Crippen MR) is 133 cm³/mol. The molecule has 1 unspecified atom stereocenters. The summed E-state index contributed by atoms with van der Waals surface area (Å²) in [7, 11) is -6.19. The smallest absolute Gasteiger partial charge is 0.263 e. The Morgan fingerprint density at radius 3 is 2.47 bits per heavy atom. The van der Waals surface area contributed by atoms with E-state index in [9.17, 15) is 21.6 Å². The summed E-state index contributed by atoms with van der Waals surface area (Å²) in [6, 6.07) is 9.09. The normalized spacial score (nSPS) is 22.3. The van der Waals surface area contributed by atoms with E-state index in [0.717, 1.165) is 49.5 Å². The van der Waals surface area contributed by atoms with Gasteiger partial charge >= 0.3 is 0 Å². The molecule has 14 heteroatoms. The van der Waals surface area contributed by atoms with Crippen LogP contribution in [0.15, 0.2) is 40.6 Å². The third-order valence-corrected chi connectivity index (χ3v) is 10.8. The molecular weight excluding hydrogens is 530 g/mol. The number of methoxy groups -OCH3 is 1. The molecule has 1 aromatic heterocycles. The number of carbonyl (C=O) groups is 1. The number of hydroxylamine groups is 1. The average molecular weight is 560 g/mol. The number of sulfonamides is 2. The van der Waals surface area contributed by atoms with E-state index in [0.29, 0.717) is 18.8 Å². The number of hydrogen-bond acceptors (Lipinski definition) is 9. The third-order valence-electron chi connectivity index (χ3n) is 6.01. The lowest BCUT2D eigenvalue weighted by molar-refractivity contribution is -0.202. The van der Waals surface area contributed by atoms with Crippen LogP contribution in [0.25, 0.3) is 10.4 Å². The molecule has 0 radical (unpaired) electrons. The second-order valence-corrected chi connectivity index (χ2v) is 13.7. The summed E-state index contributed by atoms with van der Waals surface area (Å²) in [5, 5.41) is 0. The van der Waals surface area contributed by atoms with Crippen molar-refractivity contribution in [3.8, 4) is 16.2 Å². The van der Waals surface area contributed by atoms with Crippen LogP contribution in [0.4, 0.5) is 0 Å². The molecule has 0 spiro atoms. The maximum absolute atomic E-state index is 13.6. The molecule has 1 aromatic carbocycles. The summed E-state index contributed by atoms with van der Waals surface area (Å²) in [6.07, 6.45) is 2.75. The summed E-state index contributed by atoms with van der Waals surface area (Å²) >= 11 is 1.07. The Kier molecular flexibility index (Phi) is 8.34. The van der Waals surface area contributed by atoms with Gasteiger partial charge in [-0.15, -0.1) is 11.3 Å². The minimum absolute atomic E-state index is 0.0513. The van der Waals surface area contributed by atoms with Gasteiger partial charge in [-0.25, -0.2) is 27.2 Å². The largest absolute Gasteiger partial charge is 0.497 e. The van der Waals surface area contributed by atoms with Crippen LogP contribution in [-0.4, -0.2) is 83.3 Å². The van der Waals surface area contributed by atoms with Gasteiger partial charge in [0.1, 0.15) is 16.0 Å². The van der Waals surface area contributed by atoms with E-state index >= 15 is 0 Å². The minimum Gasteiger partial charge on any atom is -0.497 e. The predicted octanol–water partition coefficient (Wildman–Crippen LogP) is 1.63. The van der Waals surface area contributed by atoms with Crippen molar-refractivity contribution < 1.29 is 35.9 Å². The molecule has 2 aliphatic heterocycles. The van der Waals surface area contributed by atoms with E-state index in [1.54, 1.807) is 25.3 Å². The summed E-state index contributed by atoms with van der Waals surface area (Å²) in [5.74, 6) is -0.0744. The van der Waals surface area contributed by atoms with Crippen LogP contribution in [-0.2, 0) is 34.4 Å². The first-order valence-electron chi connectivity index (χ1n) is 11.4. The molecule has 4 rings (SSSR count). The van der Waals surface area contributed by atoms with Crippen molar-refractivity contribution in [1.82, 2.24) is 14.1 Å². The number of amides is 1. The zero-order valence-electron chi connectivity index (χ0n) is 20.0. The second kappa shape index (κ2) is 11.1. The number of hydrogen-bond donors (Lipinski definition) is 1. The highest BCUT2D eigenvalue weighted by Gasteiger charge is 2.43. The van der Waals surface area contributed by atoms with Crippen LogP contribution >= 0.6 is 11.3 Å². The monoisotopic (exact) mass is 559 g/mol. The summed E-state index contributed by atoms with van der Waals surface area (Å²) in [5.41, 5.74) is 3.11. The van der Waals surface area contributed by atoms with E-state index < -0.39 is 38.3 Å². The highest BCUT2D eigenvalue weighted by molar-refractivity contribution is 7.91. The van der Waals surface area contributed by atoms with Gasteiger partial charge in [-0.05, 0) is 54.8 Å². The van der Waals surface area contributed by atoms with Gasteiger partial charge in [0, 0.05) is 37.5 Å². The van der Waals surface area contributed by atoms with Gasteiger partial charge in [0.25, 0.3) is 15.9 Å². The Morgan fingerprint density at radius 2 is 1.83 bits per heavy atom. The van der Waals surface area contributed by atoms with E-state index in [1.165, 1.54) is 6.07 Å². The number of nitrogens with one attached hydrogen (secondary N) is 1. The first kappa shape index (κ1) is 27.0. The van der Waals surface area contributed by atoms with E-state index in [-0.39, 0.29) is 23.8 Å². The van der Waals surface area contributed by atoms with Crippen LogP contribution in [0.3, 0.4) is 0 Å². The van der Waals surface area contributed by atoms with Crippen molar-refractivity contribution >= 4 is 37.3 Å². The molecule has 0 bridgehead atoms. The lowest BCUT2D eigenvalue weighted by atomic mass is 10.2. The molecular formula is C22H29N3O8S3. The van der Waals surface area contributed by atoms with Crippen LogP contribution < -0.4 is 10.2 Å². The summed E-state index contributed by atoms with van der Waals surface area (Å²) in [4.78, 5) is 19.1. The summed E-state index contributed by atoms with van der Waals surface area (Å²) < 4.78 is 64.3. The van der Waals surface area contributed by atoms with Crippen molar-refractivity contribution in [3.63, 3.8) is 0 Å². The van der Waals surface area contributed by atoms with Gasteiger partial charge in [-0.3, -0.25) is 4.79 Å². The van der Waals surface area contributed by atoms with Gasteiger partial charge in [0.2, 0.25) is 10.0 Å². The van der Waals surface area contributed by atoms with Crippen LogP contribution in [0.1, 0.15) is 19.3 Å². The van der Waals surface area contributed by atoms with E-state index in [4.69, 9.17) is 14.3 Å². The molecule has 0 saturated carbocycles. The van der Waals surface area contributed by atoms with Crippen LogP contribution in [0.5, 0.6) is 5.75 Å². The van der Waals surface area contributed by atoms with Gasteiger partial charge in [0.05, 0.1) is 13.4 Å². The van der Waals surface area contributed by atoms with E-state index in [1.807, 2.05) is 12.1 Å². The third kappa shape index (κ3) is 6.07. The fourth-order valence-corrected chi connectivity index (χ4v) is 7.86. The molecule has 0 aliphatic carbocycles. The van der Waals surface area contributed by atoms with Crippen molar-refractivity contribution in [2.45, 2.75) is 35.8 Å². The number of rotatable bonds is 8. The lowest BCUT2D eigenvalue weighted by Crippen LogP contribution is -2.61. The number of ether oxygens (including phenoxy) is 2. The van der Waals surface area contributed by atoms with Crippen molar-refractivity contribution in [2.24, 2.45) is 0 Å². The molecule has 11 nitrogen and oxygen atoms in total. The molecule has 3 heterocycles. The second-order valence-electron chi connectivity index (χ2n) is 8.48. The fraction of sp³-hybridized carbons (Fsp3) is 0.500. The van der Waals surface area contributed by atoms with Crippen LogP contribution in [0, 0.1) is 0 Å². The molecule has 1 amide bonds. The molecule has 36 heavy (non-hydrogen) atoms. The fourth-order valence-electron chi connectivity index (χ4n) is 4.02. The van der Waals surface area contributed by atoms with Gasteiger partial charge in [-0.2, -0.15) is 8.61 Å². The van der Waals surface area contributed by atoms with Gasteiger partial charge in [-0.1, -0.05) is 0 Å². The number of nitrogens with zero attached hydrogens (tertiary/aromatic N) is 2. The number of benzene rings is 1. The SMILES string of the molecule is COc1ccc(-c2ccc(S(=O)(=O)N3CCN(S(C)(=O)=O)C[C@@H]3C(=O)NOC3CCCCO3)s2)cc1. The number of piperazine rings is 1. The molecule has 2 aromatic rings. The Labute approximate surface area is 215 Å². The zero-order valence-corrected chi connectivity index (χ0v) is 22.4. The van der Waals surface area contributed by atoms with Crippen molar-refractivity contribution in [3.05, 3.63) is 36.4 Å².